The molecule has 1 saturated carbocycles. The van der Waals surface area contributed by atoms with Crippen molar-refractivity contribution in [3.8, 4) is 0 Å². The zero-order valence-electron chi connectivity index (χ0n) is 16.5. The Hall–Kier alpha value is -2.87. The number of anilines is 1. The molecule has 154 valence electrons. The molecular weight excluding hydrogens is 400 g/mol. The molecule has 7 nitrogen and oxygen atoms in total. The Morgan fingerprint density at radius 3 is 2.40 bits per heavy atom. The third-order valence-corrected chi connectivity index (χ3v) is 7.37. The molecule has 2 fully saturated rings. The molecule has 3 amide bonds. The van der Waals surface area contributed by atoms with Crippen molar-refractivity contribution in [2.45, 2.75) is 32.2 Å². The molecule has 1 aromatic heterocycles. The van der Waals surface area contributed by atoms with E-state index >= 15 is 0 Å². The highest BCUT2D eigenvalue weighted by Crippen LogP contribution is 2.53. The summed E-state index contributed by atoms with van der Waals surface area (Å²) in [4.78, 5) is 41.1. The van der Waals surface area contributed by atoms with E-state index in [0.717, 1.165) is 23.4 Å². The predicted octanol–water partition coefficient (Wildman–Crippen LogP) is 2.46. The third-order valence-electron chi connectivity index (χ3n) is 6.39. The van der Waals surface area contributed by atoms with Crippen molar-refractivity contribution in [3.63, 3.8) is 0 Å². The third kappa shape index (κ3) is 3.06. The van der Waals surface area contributed by atoms with Crippen molar-refractivity contribution >= 4 is 34.2 Å². The smallest absolute Gasteiger partial charge is 0.249 e. The van der Waals surface area contributed by atoms with Crippen LogP contribution in [0.15, 0.2) is 42.5 Å². The molecule has 5 rings (SSSR count). The lowest BCUT2D eigenvalue weighted by atomic mass is 9.85. The van der Waals surface area contributed by atoms with Crippen LogP contribution in [0.3, 0.4) is 0 Å². The number of nitrogens with zero attached hydrogens (tertiary/aromatic N) is 3. The predicted molar refractivity (Wildman–Crippen MR) is 111 cm³/mol. The van der Waals surface area contributed by atoms with Crippen LogP contribution in [-0.2, 0) is 27.2 Å². The molecule has 2 bridgehead atoms. The second-order valence-corrected chi connectivity index (χ2v) is 9.16. The van der Waals surface area contributed by atoms with E-state index in [9.17, 15) is 14.4 Å². The van der Waals surface area contributed by atoms with Gasteiger partial charge < -0.3 is 0 Å². The first-order valence-corrected chi connectivity index (χ1v) is 11.1. The maximum Gasteiger partial charge on any atom is 0.249 e. The van der Waals surface area contributed by atoms with Crippen molar-refractivity contribution in [2.24, 2.45) is 23.7 Å². The molecule has 1 aliphatic heterocycles. The number of likely N-dealkylation sites (tertiary alicyclic amines) is 1. The molecule has 3 aliphatic rings. The van der Waals surface area contributed by atoms with Gasteiger partial charge in [0.25, 0.3) is 0 Å². The number of carbonyl (C=O) groups is 3. The molecular formula is C22H22N4O3S. The minimum absolute atomic E-state index is 0.108. The molecule has 1 saturated heterocycles. The molecule has 5 atom stereocenters. The van der Waals surface area contributed by atoms with E-state index in [2.05, 4.69) is 27.7 Å². The molecule has 8 heteroatoms. The Labute approximate surface area is 178 Å². The second kappa shape index (κ2) is 7.43. The number of nitrogens with one attached hydrogen (secondary N) is 1. The fraction of sp³-hybridized carbons (Fsp3) is 0.409. The molecule has 0 radical (unpaired) electrons. The van der Waals surface area contributed by atoms with E-state index in [1.165, 1.54) is 16.2 Å². The topological polar surface area (TPSA) is 92.3 Å². The van der Waals surface area contributed by atoms with Gasteiger partial charge in [0.1, 0.15) is 11.0 Å². The molecule has 1 aromatic carbocycles. The Kier molecular flexibility index (Phi) is 4.73. The highest BCUT2D eigenvalue weighted by atomic mass is 32.1. The summed E-state index contributed by atoms with van der Waals surface area (Å²) in [6.45, 7) is 1.97. The van der Waals surface area contributed by atoms with Crippen LogP contribution in [0.2, 0.25) is 0 Å². The number of hydrogen-bond acceptors (Lipinski definition) is 6. The summed E-state index contributed by atoms with van der Waals surface area (Å²) in [5, 5.41) is 12.0. The summed E-state index contributed by atoms with van der Waals surface area (Å²) >= 11 is 1.30. The van der Waals surface area contributed by atoms with Crippen molar-refractivity contribution in [1.82, 2.24) is 15.1 Å². The van der Waals surface area contributed by atoms with Gasteiger partial charge in [0.2, 0.25) is 22.9 Å². The van der Waals surface area contributed by atoms with Crippen molar-refractivity contribution in [3.05, 3.63) is 53.1 Å². The van der Waals surface area contributed by atoms with Crippen LogP contribution < -0.4 is 5.32 Å². The Morgan fingerprint density at radius 2 is 1.80 bits per heavy atom. The molecule has 0 spiro atoms. The van der Waals surface area contributed by atoms with Gasteiger partial charge in [0.05, 0.1) is 11.8 Å². The first-order valence-electron chi connectivity index (χ1n) is 10.3. The van der Waals surface area contributed by atoms with Gasteiger partial charge in [0.15, 0.2) is 0 Å². The highest BCUT2D eigenvalue weighted by molar-refractivity contribution is 7.15. The lowest BCUT2D eigenvalue weighted by Crippen LogP contribution is -2.49. The van der Waals surface area contributed by atoms with Crippen LogP contribution >= 0.6 is 11.3 Å². The van der Waals surface area contributed by atoms with Crippen molar-refractivity contribution in [2.75, 3.05) is 5.32 Å². The van der Waals surface area contributed by atoms with Gasteiger partial charge in [0, 0.05) is 6.42 Å². The number of hydrogen-bond donors (Lipinski definition) is 1. The maximum atomic E-state index is 13.3. The lowest BCUT2D eigenvalue weighted by molar-refractivity contribution is -0.147. The Morgan fingerprint density at radius 1 is 1.13 bits per heavy atom. The summed E-state index contributed by atoms with van der Waals surface area (Å²) in [6, 6.07) is 8.55. The molecule has 5 unspecified atom stereocenters. The van der Waals surface area contributed by atoms with E-state index in [4.69, 9.17) is 0 Å². The van der Waals surface area contributed by atoms with Crippen LogP contribution in [-0.4, -0.2) is 38.9 Å². The van der Waals surface area contributed by atoms with Crippen LogP contribution in [0.25, 0.3) is 0 Å². The van der Waals surface area contributed by atoms with Crippen LogP contribution in [0.4, 0.5) is 5.13 Å². The summed E-state index contributed by atoms with van der Waals surface area (Å²) < 4.78 is 0. The number of benzene rings is 1. The van der Waals surface area contributed by atoms with Crippen molar-refractivity contribution < 1.29 is 14.4 Å². The lowest BCUT2D eigenvalue weighted by Gasteiger charge is -2.26. The average Bonchev–Trinajstić information content (AvgIpc) is 3.52. The Bertz CT molecular complexity index is 1000. The van der Waals surface area contributed by atoms with Gasteiger partial charge in [-0.15, -0.1) is 10.2 Å². The number of allylic oxidation sites excluding steroid dienone is 2. The van der Waals surface area contributed by atoms with Gasteiger partial charge >= 0.3 is 0 Å². The minimum atomic E-state index is -0.911. The SMILES string of the molecule is CCc1nnc(NC(=O)C(Cc2ccccc2)N2C(=O)C3C4C=CC(C4)C3C2=O)s1. The summed E-state index contributed by atoms with van der Waals surface area (Å²) in [5.41, 5.74) is 0.892. The van der Waals surface area contributed by atoms with E-state index in [1.54, 1.807) is 0 Å². The van der Waals surface area contributed by atoms with Crippen LogP contribution in [0.1, 0.15) is 23.9 Å². The number of rotatable bonds is 6. The zero-order valence-corrected chi connectivity index (χ0v) is 17.3. The van der Waals surface area contributed by atoms with E-state index < -0.39 is 11.9 Å². The quantitative estimate of drug-likeness (QED) is 0.570. The van der Waals surface area contributed by atoms with Gasteiger partial charge in [-0.05, 0) is 30.2 Å². The van der Waals surface area contributed by atoms with Gasteiger partial charge in [-0.2, -0.15) is 0 Å². The molecule has 1 N–H and O–H groups in total. The standard InChI is InChI=1S/C22H22N4O3S/c1-2-16-24-25-22(30-16)23-19(27)15(10-12-6-4-3-5-7-12)26-20(28)17-13-8-9-14(11-13)18(17)21(26)29/h3-9,13-15,17-18H,2,10-11H2,1H3,(H,23,25,27). The number of imide groups is 1. The van der Waals surface area contributed by atoms with E-state index in [-0.39, 0.29) is 41.9 Å². The second-order valence-electron chi connectivity index (χ2n) is 8.10. The number of amides is 3. The van der Waals surface area contributed by atoms with Crippen LogP contribution in [0, 0.1) is 23.7 Å². The monoisotopic (exact) mass is 422 g/mol. The fourth-order valence-electron chi connectivity index (χ4n) is 5.01. The van der Waals surface area contributed by atoms with Gasteiger partial charge in [-0.25, -0.2) is 0 Å². The summed E-state index contributed by atoms with van der Waals surface area (Å²) in [5.74, 6) is -1.28. The summed E-state index contributed by atoms with van der Waals surface area (Å²) in [6.07, 6.45) is 5.97. The molecule has 30 heavy (non-hydrogen) atoms. The number of fused-ring (bicyclic) bond motifs is 5. The largest absolute Gasteiger partial charge is 0.299 e. The van der Waals surface area contributed by atoms with E-state index in [0.29, 0.717) is 5.13 Å². The molecule has 2 heterocycles. The maximum absolute atomic E-state index is 13.3. The average molecular weight is 423 g/mol. The van der Waals surface area contributed by atoms with Gasteiger partial charge in [-0.3, -0.25) is 24.6 Å². The first-order chi connectivity index (χ1) is 14.6. The summed E-state index contributed by atoms with van der Waals surface area (Å²) in [7, 11) is 0. The molecule has 2 aromatic rings. The number of aromatic nitrogens is 2. The zero-order chi connectivity index (χ0) is 20.8. The normalized spacial score (nSPS) is 27.6. The number of carbonyl (C=O) groups excluding carboxylic acids is 3. The minimum Gasteiger partial charge on any atom is -0.299 e. The first kappa shape index (κ1) is 19.1. The van der Waals surface area contributed by atoms with E-state index in [1.807, 2.05) is 37.3 Å². The van der Waals surface area contributed by atoms with Crippen molar-refractivity contribution in [1.29, 1.82) is 0 Å². The van der Waals surface area contributed by atoms with Gasteiger partial charge in [-0.1, -0.05) is 60.7 Å². The Balaban J connectivity index is 1.44. The highest BCUT2D eigenvalue weighted by Gasteiger charge is 2.61. The number of aryl methyl sites for hydroxylation is 1. The fourth-order valence-corrected chi connectivity index (χ4v) is 5.69. The van der Waals surface area contributed by atoms with Crippen LogP contribution in [0.5, 0.6) is 0 Å². The molecule has 2 aliphatic carbocycles.